The minimum atomic E-state index is -0.290. The van der Waals surface area contributed by atoms with Crippen molar-refractivity contribution in [1.82, 2.24) is 10.7 Å². The fourth-order valence-electron chi connectivity index (χ4n) is 1.18. The molecule has 0 atom stereocenters. The van der Waals surface area contributed by atoms with Crippen molar-refractivity contribution in [2.45, 2.75) is 60.3 Å². The zero-order chi connectivity index (χ0) is 23.4. The Balaban J connectivity index is -0.0000000832. The number of ketones is 3. The van der Waals surface area contributed by atoms with E-state index in [1.165, 1.54) is 13.2 Å². The Bertz CT molecular complexity index is 574. The third kappa shape index (κ3) is 30.0. The average molecular weight is 594 g/mol. The molecule has 0 heterocycles. The Morgan fingerprint density at radius 1 is 0.969 bits per heavy atom. The van der Waals surface area contributed by atoms with Gasteiger partial charge in [0.2, 0.25) is 0 Å². The third-order valence-electron chi connectivity index (χ3n) is 3.16. The Morgan fingerprint density at radius 3 is 1.62 bits per heavy atom. The topological polar surface area (TPSA) is 117 Å². The molecule has 0 bridgehead atoms. The van der Waals surface area contributed by atoms with Gasteiger partial charge < -0.3 is 36.7 Å². The number of carbonyl (C=O) groups excluding carboxylic acids is 4. The van der Waals surface area contributed by atoms with Gasteiger partial charge in [0.15, 0.2) is 5.78 Å². The molecule has 0 saturated heterocycles. The first-order chi connectivity index (χ1) is 13.5. The van der Waals surface area contributed by atoms with Crippen LogP contribution in [-0.2, 0) is 84.6 Å². The van der Waals surface area contributed by atoms with Crippen molar-refractivity contribution >= 4 is 51.0 Å². The van der Waals surface area contributed by atoms with E-state index < -0.39 is 0 Å². The number of hydrogen-bond acceptors (Lipinski definition) is 8. The molecule has 0 aliphatic carbocycles. The van der Waals surface area contributed by atoms with Crippen LogP contribution in [0.1, 0.15) is 60.3 Å². The largest absolute Gasteiger partial charge is 0.541 e. The van der Waals surface area contributed by atoms with Crippen LogP contribution in [0.4, 0.5) is 0 Å². The summed E-state index contributed by atoms with van der Waals surface area (Å²) in [5.41, 5.74) is 0.221. The molecule has 2 N–H and O–H groups in total. The molecule has 32 heavy (non-hydrogen) atoms. The van der Waals surface area contributed by atoms with Gasteiger partial charge in [0, 0.05) is 78.3 Å². The molecule has 174 valence electrons. The minimum absolute atomic E-state index is 0. The molecule has 0 spiro atoms. The summed E-state index contributed by atoms with van der Waals surface area (Å²) < 4.78 is 0. The van der Waals surface area contributed by atoms with E-state index in [0.29, 0.717) is 0 Å². The number of rotatable bonds is 11. The zero-order valence-corrected chi connectivity index (χ0v) is 25.9. The summed E-state index contributed by atoms with van der Waals surface area (Å²) in [7, 11) is 9.73. The molecule has 0 aromatic heterocycles. The summed E-state index contributed by atoms with van der Waals surface area (Å²) in [6.07, 6.45) is 2.55. The van der Waals surface area contributed by atoms with E-state index in [0.717, 1.165) is 12.3 Å². The molecule has 0 amide bonds. The van der Waals surface area contributed by atoms with Crippen molar-refractivity contribution in [2.24, 2.45) is 22.0 Å². The number of carbonyl (C=O) groups is 3. The smallest absolute Gasteiger partial charge is 0.251 e. The zero-order valence-electron chi connectivity index (χ0n) is 20.2. The molecule has 0 saturated carbocycles. The van der Waals surface area contributed by atoms with E-state index in [2.05, 4.69) is 37.9 Å². The summed E-state index contributed by atoms with van der Waals surface area (Å²) in [6.45, 7) is 16.3. The molecule has 12 heteroatoms. The maximum atomic E-state index is 11.3. The monoisotopic (exact) mass is 594 g/mol. The van der Waals surface area contributed by atoms with Crippen LogP contribution in [0, 0.1) is 33.1 Å². The van der Waals surface area contributed by atoms with E-state index in [1.54, 1.807) is 13.8 Å². The number of nitrogens with zero attached hydrogens (tertiary/aromatic N) is 2. The second kappa shape index (κ2) is 31.0. The van der Waals surface area contributed by atoms with Gasteiger partial charge in [0.25, 0.3) is 16.0 Å². The van der Waals surface area contributed by atoms with Gasteiger partial charge in [-0.15, -0.1) is 12.8 Å². The first-order valence-electron chi connectivity index (χ1n) is 9.06. The second-order valence-electron chi connectivity index (χ2n) is 6.41. The summed E-state index contributed by atoms with van der Waals surface area (Å²) in [5.74, 6) is 0.0599. The van der Waals surface area contributed by atoms with Crippen molar-refractivity contribution in [3.05, 3.63) is 21.3 Å². The maximum Gasteiger partial charge on any atom is 0.251 e. The van der Waals surface area contributed by atoms with Crippen LogP contribution in [0.2, 0.25) is 0 Å². The molecule has 0 aromatic carbocycles. The fraction of sp³-hybridized carbons (Fsp3) is 0.550. The molecule has 0 aliphatic rings. The number of hydrazone groups is 2. The van der Waals surface area contributed by atoms with Crippen molar-refractivity contribution in [1.29, 1.82) is 0 Å². The standard InChI is InChI=1S/C9H14BN2O2.C5H6BN2O2.C5H11.CH3.2Y/c1-4-8(13)7(11-12-10)5-9(14)6(2)3;1-4(10)5(2-3-9)7-8-6;1-4-5(2)3;;;/h6,12H,1,4-5H2,2-3H3;8H,2H2,1H3;5H,1,4H2,2-3H3;1H3;;/q4*-1;;/b11-7-;7-5-;;;;. The summed E-state index contributed by atoms with van der Waals surface area (Å²) >= 11 is 0. The van der Waals surface area contributed by atoms with Gasteiger partial charge in [0.05, 0.1) is 12.1 Å². The third-order valence-corrected chi connectivity index (χ3v) is 3.16. The van der Waals surface area contributed by atoms with Gasteiger partial charge in [-0.25, -0.2) is 0 Å². The molecule has 6 radical (unpaired) electrons. The summed E-state index contributed by atoms with van der Waals surface area (Å²) in [4.78, 5) is 42.8. The maximum absolute atomic E-state index is 11.3. The fourth-order valence-corrected chi connectivity index (χ4v) is 1.18. The van der Waals surface area contributed by atoms with E-state index in [9.17, 15) is 19.2 Å². The van der Waals surface area contributed by atoms with Gasteiger partial charge in [0.1, 0.15) is 17.3 Å². The van der Waals surface area contributed by atoms with Crippen LogP contribution in [0.5, 0.6) is 0 Å². The molecule has 0 fully saturated rings. The van der Waals surface area contributed by atoms with Gasteiger partial charge in [-0.1, -0.05) is 33.6 Å². The first-order valence-corrected chi connectivity index (χ1v) is 9.06. The molecule has 0 unspecified atom stereocenters. The van der Waals surface area contributed by atoms with Crippen molar-refractivity contribution in [3.8, 4) is 0 Å². The summed E-state index contributed by atoms with van der Waals surface area (Å²) in [6, 6.07) is 0. The van der Waals surface area contributed by atoms with Crippen LogP contribution < -0.4 is 10.7 Å². The van der Waals surface area contributed by atoms with Gasteiger partial charge in [-0.2, -0.15) is 16.6 Å². The van der Waals surface area contributed by atoms with Crippen LogP contribution in [-0.4, -0.2) is 51.0 Å². The Morgan fingerprint density at radius 2 is 1.38 bits per heavy atom. The quantitative estimate of drug-likeness (QED) is 0.163. The Kier molecular flexibility index (Phi) is 44.0. The van der Waals surface area contributed by atoms with Crippen LogP contribution in [0.25, 0.3) is 0 Å². The predicted octanol–water partition coefficient (Wildman–Crippen LogP) is 1.84. The Hall–Kier alpha value is -0.0423. The van der Waals surface area contributed by atoms with Gasteiger partial charge in [-0.3, -0.25) is 20.7 Å². The van der Waals surface area contributed by atoms with Crippen LogP contribution in [0.3, 0.4) is 0 Å². The van der Waals surface area contributed by atoms with Gasteiger partial charge >= 0.3 is 0 Å². The minimum Gasteiger partial charge on any atom is -0.541 e. The van der Waals surface area contributed by atoms with Crippen LogP contribution in [0.15, 0.2) is 10.2 Å². The number of hydrogen-bond donors (Lipinski definition) is 2. The molecular weight excluding hydrogens is 560 g/mol. The van der Waals surface area contributed by atoms with Crippen molar-refractivity contribution in [2.75, 3.05) is 0 Å². The number of Topliss-reactive ketones (excluding diaryl/α,β-unsaturated/α-hetero) is 3. The molecule has 0 rings (SSSR count). The van der Waals surface area contributed by atoms with E-state index in [-0.39, 0.29) is 127 Å². The molecule has 8 nitrogen and oxygen atoms in total. The SMILES string of the molecule is [B]N/N=C(/CC(=O)C(C)C)C(=O)C[CH2-].[B]N/N=C(/C[C-]=O)C(C)=O.[CH2-]CC(C)C.[CH3-].[Y].[Y]. The predicted molar refractivity (Wildman–Crippen MR) is 124 cm³/mol. The van der Waals surface area contributed by atoms with Gasteiger partial charge in [-0.05, 0) is 0 Å². The van der Waals surface area contributed by atoms with E-state index >= 15 is 0 Å². The van der Waals surface area contributed by atoms with E-state index in [4.69, 9.17) is 16.0 Å². The van der Waals surface area contributed by atoms with E-state index in [1.807, 2.05) is 10.7 Å². The van der Waals surface area contributed by atoms with Crippen molar-refractivity contribution in [3.63, 3.8) is 0 Å². The Labute approximate surface area is 247 Å². The average Bonchev–Trinajstić information content (AvgIpc) is 2.67. The normalized spacial score (nSPS) is 9.91. The molecule has 0 aliphatic heterocycles. The van der Waals surface area contributed by atoms with Crippen molar-refractivity contribution < 1.29 is 84.6 Å². The molecular formula is C20H34B2N4O4Y2-4. The molecule has 0 aromatic rings. The second-order valence-corrected chi connectivity index (χ2v) is 6.41. The first kappa shape index (κ1) is 45.5. The summed E-state index contributed by atoms with van der Waals surface area (Å²) in [5, 5.41) is 10.8. The van der Waals surface area contributed by atoms with Crippen LogP contribution >= 0.6 is 0 Å². The number of nitrogens with one attached hydrogen (secondary N) is 2.